The maximum atomic E-state index is 11.3. The van der Waals surface area contributed by atoms with E-state index in [1.165, 1.54) is 0 Å². The number of sulfone groups is 1. The van der Waals surface area contributed by atoms with Gasteiger partial charge in [0.1, 0.15) is 15.7 Å². The van der Waals surface area contributed by atoms with E-state index in [-0.39, 0.29) is 17.5 Å². The average molecular weight is 250 g/mol. The number of hydrogen-bond donors (Lipinski definition) is 0. The molecule has 0 bridgehead atoms. The summed E-state index contributed by atoms with van der Waals surface area (Å²) < 4.78 is 24.3. The van der Waals surface area contributed by atoms with Gasteiger partial charge in [-0.3, -0.25) is 4.57 Å². The van der Waals surface area contributed by atoms with Crippen molar-refractivity contribution >= 4 is 21.4 Å². The molecule has 2 heterocycles. The average Bonchev–Trinajstić information content (AvgIpc) is 2.48. The predicted molar refractivity (Wildman–Crippen MR) is 56.7 cm³/mol. The van der Waals surface area contributed by atoms with Crippen molar-refractivity contribution in [3.63, 3.8) is 0 Å². The van der Waals surface area contributed by atoms with Crippen LogP contribution in [0.25, 0.3) is 0 Å². The Hall–Kier alpha value is -0.620. The van der Waals surface area contributed by atoms with E-state index in [9.17, 15) is 8.42 Å². The molecule has 5 nitrogen and oxygen atoms in total. The van der Waals surface area contributed by atoms with Gasteiger partial charge in [-0.05, 0) is 31.4 Å². The summed E-state index contributed by atoms with van der Waals surface area (Å²) in [6, 6.07) is 0.121. The Morgan fingerprint density at radius 1 is 1.33 bits per heavy atom. The Morgan fingerprint density at radius 3 is 2.40 bits per heavy atom. The van der Waals surface area contributed by atoms with Crippen LogP contribution < -0.4 is 0 Å². The number of nitrogens with zero attached hydrogens (tertiary/aromatic N) is 3. The first-order valence-corrected chi connectivity index (χ1v) is 6.97. The molecular formula is C8H12ClN3O2S. The zero-order chi connectivity index (χ0) is 11.1. The highest BCUT2D eigenvalue weighted by atomic mass is 35.5. The van der Waals surface area contributed by atoms with Gasteiger partial charge in [0, 0.05) is 6.04 Å². The maximum absolute atomic E-state index is 11.3. The number of rotatable bonds is 1. The van der Waals surface area contributed by atoms with Gasteiger partial charge in [-0.2, -0.15) is 0 Å². The number of aromatic nitrogens is 3. The fourth-order valence-corrected chi connectivity index (χ4v) is 3.66. The molecule has 1 saturated heterocycles. The van der Waals surface area contributed by atoms with E-state index in [1.54, 1.807) is 0 Å². The van der Waals surface area contributed by atoms with Crippen LogP contribution in [0.3, 0.4) is 0 Å². The van der Waals surface area contributed by atoms with Gasteiger partial charge in [0.2, 0.25) is 5.28 Å². The summed E-state index contributed by atoms with van der Waals surface area (Å²) in [6.45, 7) is 1.82. The highest BCUT2D eigenvalue weighted by Crippen LogP contribution is 2.27. The van der Waals surface area contributed by atoms with E-state index in [2.05, 4.69) is 10.2 Å². The smallest absolute Gasteiger partial charge is 0.225 e. The van der Waals surface area contributed by atoms with Gasteiger partial charge in [-0.15, -0.1) is 10.2 Å². The molecule has 1 aromatic heterocycles. The SMILES string of the molecule is Cc1nnc(Cl)n1C1CCS(=O)(=O)CC1. The first kappa shape index (κ1) is 10.9. The number of aryl methyl sites for hydroxylation is 1. The summed E-state index contributed by atoms with van der Waals surface area (Å²) in [5.74, 6) is 1.20. The zero-order valence-electron chi connectivity index (χ0n) is 8.35. The summed E-state index contributed by atoms with van der Waals surface area (Å²) in [5, 5.41) is 7.96. The predicted octanol–water partition coefficient (Wildman–Crippen LogP) is 0.990. The van der Waals surface area contributed by atoms with Gasteiger partial charge < -0.3 is 0 Å². The molecule has 0 aliphatic carbocycles. The molecule has 1 aliphatic rings. The Labute approximate surface area is 93.4 Å². The minimum absolute atomic E-state index is 0.121. The van der Waals surface area contributed by atoms with E-state index >= 15 is 0 Å². The topological polar surface area (TPSA) is 64.8 Å². The molecule has 1 aromatic rings. The molecule has 84 valence electrons. The molecule has 0 aromatic carbocycles. The molecule has 2 rings (SSSR count). The molecule has 1 fully saturated rings. The van der Waals surface area contributed by atoms with E-state index < -0.39 is 9.84 Å². The third-order valence-corrected chi connectivity index (χ3v) is 4.69. The molecule has 0 atom stereocenters. The van der Waals surface area contributed by atoms with Crippen LogP contribution in [-0.2, 0) is 9.84 Å². The highest BCUT2D eigenvalue weighted by Gasteiger charge is 2.27. The summed E-state index contributed by atoms with van der Waals surface area (Å²) in [7, 11) is -2.83. The van der Waals surface area contributed by atoms with Crippen molar-refractivity contribution in [3.8, 4) is 0 Å². The van der Waals surface area contributed by atoms with Crippen LogP contribution in [0.15, 0.2) is 0 Å². The van der Waals surface area contributed by atoms with Crippen LogP contribution in [0.4, 0.5) is 0 Å². The molecule has 0 saturated carbocycles. The van der Waals surface area contributed by atoms with Crippen LogP contribution in [0.5, 0.6) is 0 Å². The Bertz CT molecular complexity index is 435. The second-order valence-corrected chi connectivity index (χ2v) is 6.41. The van der Waals surface area contributed by atoms with Gasteiger partial charge >= 0.3 is 0 Å². The second-order valence-electron chi connectivity index (χ2n) is 3.77. The van der Waals surface area contributed by atoms with Crippen molar-refractivity contribution in [1.82, 2.24) is 14.8 Å². The lowest BCUT2D eigenvalue weighted by atomic mass is 10.1. The summed E-state index contributed by atoms with van der Waals surface area (Å²) in [5.41, 5.74) is 0. The molecular weight excluding hydrogens is 238 g/mol. The summed E-state index contributed by atoms with van der Waals surface area (Å²) in [6.07, 6.45) is 1.20. The fraction of sp³-hybridized carbons (Fsp3) is 0.750. The van der Waals surface area contributed by atoms with E-state index in [0.29, 0.717) is 18.1 Å². The molecule has 7 heteroatoms. The Balaban J connectivity index is 2.21. The van der Waals surface area contributed by atoms with Gasteiger partial charge in [-0.1, -0.05) is 0 Å². The second kappa shape index (κ2) is 3.75. The van der Waals surface area contributed by atoms with Crippen molar-refractivity contribution in [2.75, 3.05) is 11.5 Å². The Morgan fingerprint density at radius 2 is 1.93 bits per heavy atom. The number of halogens is 1. The lowest BCUT2D eigenvalue weighted by Crippen LogP contribution is -2.26. The van der Waals surface area contributed by atoms with Crippen LogP contribution >= 0.6 is 11.6 Å². The van der Waals surface area contributed by atoms with E-state index in [1.807, 2.05) is 11.5 Å². The molecule has 0 radical (unpaired) electrons. The van der Waals surface area contributed by atoms with Crippen molar-refractivity contribution in [2.24, 2.45) is 0 Å². The van der Waals surface area contributed by atoms with E-state index in [0.717, 1.165) is 5.82 Å². The highest BCUT2D eigenvalue weighted by molar-refractivity contribution is 7.91. The van der Waals surface area contributed by atoms with Crippen LogP contribution in [-0.4, -0.2) is 34.7 Å². The van der Waals surface area contributed by atoms with Crippen molar-refractivity contribution in [3.05, 3.63) is 11.1 Å². The van der Waals surface area contributed by atoms with Crippen LogP contribution in [0, 0.1) is 6.92 Å². The van der Waals surface area contributed by atoms with Crippen molar-refractivity contribution in [1.29, 1.82) is 0 Å². The molecule has 15 heavy (non-hydrogen) atoms. The minimum Gasteiger partial charge on any atom is -0.299 e. The van der Waals surface area contributed by atoms with Gasteiger partial charge in [0.25, 0.3) is 0 Å². The van der Waals surface area contributed by atoms with E-state index in [4.69, 9.17) is 11.6 Å². The lowest BCUT2D eigenvalue weighted by Gasteiger charge is -2.24. The molecule has 0 spiro atoms. The van der Waals surface area contributed by atoms with Gasteiger partial charge in [0.15, 0.2) is 0 Å². The Kier molecular flexibility index (Phi) is 2.72. The van der Waals surface area contributed by atoms with Crippen molar-refractivity contribution < 1.29 is 8.42 Å². The summed E-state index contributed by atoms with van der Waals surface area (Å²) >= 11 is 5.89. The van der Waals surface area contributed by atoms with Gasteiger partial charge in [0.05, 0.1) is 11.5 Å². The molecule has 0 N–H and O–H groups in total. The largest absolute Gasteiger partial charge is 0.299 e. The van der Waals surface area contributed by atoms with Crippen molar-refractivity contribution in [2.45, 2.75) is 25.8 Å². The third kappa shape index (κ3) is 2.15. The monoisotopic (exact) mass is 249 g/mol. The fourth-order valence-electron chi connectivity index (χ4n) is 1.89. The minimum atomic E-state index is -2.83. The molecule has 1 aliphatic heterocycles. The molecule has 0 unspecified atom stereocenters. The number of hydrogen-bond acceptors (Lipinski definition) is 4. The first-order valence-electron chi connectivity index (χ1n) is 4.77. The zero-order valence-corrected chi connectivity index (χ0v) is 9.92. The van der Waals surface area contributed by atoms with Crippen LogP contribution in [0.2, 0.25) is 5.28 Å². The van der Waals surface area contributed by atoms with Gasteiger partial charge in [-0.25, -0.2) is 8.42 Å². The quantitative estimate of drug-likeness (QED) is 0.745. The summed E-state index contributed by atoms with van der Waals surface area (Å²) in [4.78, 5) is 0. The molecule has 0 amide bonds. The first-order chi connectivity index (χ1) is 6.99. The lowest BCUT2D eigenvalue weighted by molar-refractivity contribution is 0.441. The third-order valence-electron chi connectivity index (χ3n) is 2.71. The van der Waals surface area contributed by atoms with Crippen LogP contribution in [0.1, 0.15) is 24.7 Å². The standard InChI is InChI=1S/C8H12ClN3O2S/c1-6-10-11-8(9)12(6)7-2-4-15(13,14)5-3-7/h7H,2-5H2,1H3. The maximum Gasteiger partial charge on any atom is 0.225 e. The normalized spacial score (nSPS) is 21.7.